The maximum Gasteiger partial charge on any atom is 0.276 e. The lowest BCUT2D eigenvalue weighted by molar-refractivity contribution is -0.119. The zero-order valence-electron chi connectivity index (χ0n) is 11.7. The van der Waals surface area contributed by atoms with Crippen molar-refractivity contribution in [3.8, 4) is 5.75 Å². The van der Waals surface area contributed by atoms with Gasteiger partial charge in [-0.3, -0.25) is 19.7 Å². The first-order chi connectivity index (χ1) is 10.0. The molecule has 21 heavy (non-hydrogen) atoms. The summed E-state index contributed by atoms with van der Waals surface area (Å²) in [7, 11) is 0. The number of aromatic nitrogens is 1. The van der Waals surface area contributed by atoms with Crippen molar-refractivity contribution in [1.82, 2.24) is 4.68 Å². The average Bonchev–Trinajstić information content (AvgIpc) is 2.72. The van der Waals surface area contributed by atoms with E-state index in [2.05, 4.69) is 21.4 Å². The fourth-order valence-corrected chi connectivity index (χ4v) is 2.32. The third kappa shape index (κ3) is 3.72. The van der Waals surface area contributed by atoms with E-state index in [1.54, 1.807) is 29.8 Å². The minimum Gasteiger partial charge on any atom is -0.484 e. The molecule has 0 spiro atoms. The van der Waals surface area contributed by atoms with Crippen molar-refractivity contribution in [3.05, 3.63) is 51.8 Å². The molecule has 1 aromatic heterocycles. The number of aryl methyl sites for hydroxylation is 1. The Labute approximate surface area is 131 Å². The molecule has 0 atom stereocenters. The SMILES string of the molecule is Cc1cc(C=O)c(C)n1NC(=O)COc1cccc(Br)c1. The molecular weight excluding hydrogens is 336 g/mol. The summed E-state index contributed by atoms with van der Waals surface area (Å²) < 4.78 is 7.87. The van der Waals surface area contributed by atoms with Gasteiger partial charge in [-0.1, -0.05) is 22.0 Å². The Morgan fingerprint density at radius 2 is 2.14 bits per heavy atom. The second kappa shape index (κ2) is 6.58. The van der Waals surface area contributed by atoms with Crippen molar-refractivity contribution in [2.45, 2.75) is 13.8 Å². The van der Waals surface area contributed by atoms with Crippen molar-refractivity contribution in [3.63, 3.8) is 0 Å². The van der Waals surface area contributed by atoms with E-state index in [0.717, 1.165) is 16.5 Å². The molecule has 0 aliphatic rings. The predicted molar refractivity (Wildman–Crippen MR) is 83.3 cm³/mol. The van der Waals surface area contributed by atoms with Gasteiger partial charge in [0.1, 0.15) is 5.75 Å². The molecule has 0 fully saturated rings. The van der Waals surface area contributed by atoms with Gasteiger partial charge in [-0.15, -0.1) is 0 Å². The number of rotatable bonds is 5. The van der Waals surface area contributed by atoms with E-state index in [4.69, 9.17) is 4.74 Å². The smallest absolute Gasteiger partial charge is 0.276 e. The number of benzene rings is 1. The molecule has 0 saturated carbocycles. The number of nitrogens with one attached hydrogen (secondary N) is 1. The summed E-state index contributed by atoms with van der Waals surface area (Å²) in [4.78, 5) is 22.8. The minimum absolute atomic E-state index is 0.107. The van der Waals surface area contributed by atoms with Gasteiger partial charge in [-0.05, 0) is 38.1 Å². The van der Waals surface area contributed by atoms with Gasteiger partial charge in [0.15, 0.2) is 12.9 Å². The Hall–Kier alpha value is -2.08. The number of amides is 1. The van der Waals surface area contributed by atoms with Gasteiger partial charge in [0.25, 0.3) is 5.91 Å². The van der Waals surface area contributed by atoms with Gasteiger partial charge >= 0.3 is 0 Å². The molecule has 110 valence electrons. The van der Waals surface area contributed by atoms with E-state index in [0.29, 0.717) is 17.0 Å². The highest BCUT2D eigenvalue weighted by molar-refractivity contribution is 9.10. The van der Waals surface area contributed by atoms with Crippen LogP contribution in [0.25, 0.3) is 0 Å². The van der Waals surface area contributed by atoms with Crippen LogP contribution in [0, 0.1) is 13.8 Å². The summed E-state index contributed by atoms with van der Waals surface area (Å²) >= 11 is 3.33. The zero-order chi connectivity index (χ0) is 15.4. The van der Waals surface area contributed by atoms with Gasteiger partial charge in [0.05, 0.1) is 0 Å². The first kappa shape index (κ1) is 15.3. The summed E-state index contributed by atoms with van der Waals surface area (Å²) in [5.74, 6) is 0.309. The predicted octanol–water partition coefficient (Wildman–Crippen LogP) is 2.83. The average molecular weight is 351 g/mol. The fraction of sp³-hybridized carbons (Fsp3) is 0.200. The molecule has 0 saturated heterocycles. The second-order valence-electron chi connectivity index (χ2n) is 4.56. The van der Waals surface area contributed by atoms with E-state index in [1.165, 1.54) is 0 Å². The fourth-order valence-electron chi connectivity index (χ4n) is 1.94. The molecular formula is C15H15BrN2O3. The quantitative estimate of drug-likeness (QED) is 0.843. The number of carbonyl (C=O) groups is 2. The molecule has 6 heteroatoms. The monoisotopic (exact) mass is 350 g/mol. The first-order valence-corrected chi connectivity index (χ1v) is 7.13. The maximum atomic E-state index is 11.9. The van der Waals surface area contributed by atoms with Crippen LogP contribution in [0.15, 0.2) is 34.8 Å². The summed E-state index contributed by atoms with van der Waals surface area (Å²) in [6, 6.07) is 8.98. The lowest BCUT2D eigenvalue weighted by atomic mass is 10.3. The largest absolute Gasteiger partial charge is 0.484 e. The number of hydrogen-bond acceptors (Lipinski definition) is 3. The zero-order valence-corrected chi connectivity index (χ0v) is 13.3. The third-order valence-electron chi connectivity index (χ3n) is 3.00. The van der Waals surface area contributed by atoms with Crippen LogP contribution >= 0.6 is 15.9 Å². The van der Waals surface area contributed by atoms with E-state index in [9.17, 15) is 9.59 Å². The van der Waals surface area contributed by atoms with Gasteiger partial charge < -0.3 is 4.74 Å². The molecule has 0 radical (unpaired) electrons. The van der Waals surface area contributed by atoms with E-state index in [1.807, 2.05) is 19.1 Å². The molecule has 1 N–H and O–H groups in total. The number of carbonyl (C=O) groups excluding carboxylic acids is 2. The van der Waals surface area contributed by atoms with Crippen LogP contribution in [0.4, 0.5) is 0 Å². The highest BCUT2D eigenvalue weighted by Crippen LogP contribution is 2.17. The molecule has 0 unspecified atom stereocenters. The lowest BCUT2D eigenvalue weighted by Gasteiger charge is -2.12. The Morgan fingerprint density at radius 3 is 2.76 bits per heavy atom. The van der Waals surface area contributed by atoms with Crippen molar-refractivity contribution in [2.75, 3.05) is 12.0 Å². The van der Waals surface area contributed by atoms with E-state index in [-0.39, 0.29) is 12.5 Å². The standard InChI is InChI=1S/C15H15BrN2O3/c1-10-6-12(8-19)11(2)18(10)17-15(20)9-21-14-5-3-4-13(16)7-14/h3-8H,9H2,1-2H3,(H,17,20). The van der Waals surface area contributed by atoms with Crippen LogP contribution in [-0.2, 0) is 4.79 Å². The Morgan fingerprint density at radius 1 is 1.38 bits per heavy atom. The van der Waals surface area contributed by atoms with Crippen LogP contribution < -0.4 is 10.2 Å². The molecule has 0 aliphatic carbocycles. The van der Waals surface area contributed by atoms with Crippen molar-refractivity contribution in [1.29, 1.82) is 0 Å². The summed E-state index contributed by atoms with van der Waals surface area (Å²) in [6.45, 7) is 3.48. The Bertz CT molecular complexity index is 680. The van der Waals surface area contributed by atoms with Crippen molar-refractivity contribution in [2.24, 2.45) is 0 Å². The highest BCUT2D eigenvalue weighted by atomic mass is 79.9. The summed E-state index contributed by atoms with van der Waals surface area (Å²) in [6.07, 6.45) is 0.767. The van der Waals surface area contributed by atoms with E-state index >= 15 is 0 Å². The molecule has 2 rings (SSSR count). The van der Waals surface area contributed by atoms with Gasteiger partial charge in [0.2, 0.25) is 0 Å². The topological polar surface area (TPSA) is 60.3 Å². The van der Waals surface area contributed by atoms with Gasteiger partial charge in [-0.2, -0.15) is 0 Å². The van der Waals surface area contributed by atoms with Crippen LogP contribution in [0.5, 0.6) is 5.75 Å². The second-order valence-corrected chi connectivity index (χ2v) is 5.48. The van der Waals surface area contributed by atoms with Crippen LogP contribution in [0.3, 0.4) is 0 Å². The molecule has 1 amide bonds. The Balaban J connectivity index is 1.99. The van der Waals surface area contributed by atoms with Crippen LogP contribution in [-0.4, -0.2) is 23.5 Å². The van der Waals surface area contributed by atoms with E-state index < -0.39 is 0 Å². The minimum atomic E-state index is -0.297. The third-order valence-corrected chi connectivity index (χ3v) is 3.49. The number of ether oxygens (including phenoxy) is 1. The molecule has 1 aromatic carbocycles. The molecule has 1 heterocycles. The van der Waals surface area contributed by atoms with Crippen LogP contribution in [0.1, 0.15) is 21.7 Å². The molecule has 0 bridgehead atoms. The van der Waals surface area contributed by atoms with Gasteiger partial charge in [0, 0.05) is 21.4 Å². The number of hydrogen-bond donors (Lipinski definition) is 1. The number of nitrogens with zero attached hydrogens (tertiary/aromatic N) is 1. The number of aldehydes is 1. The Kier molecular flexibility index (Phi) is 4.80. The summed E-state index contributed by atoms with van der Waals surface area (Å²) in [5.41, 5.74) is 4.73. The van der Waals surface area contributed by atoms with Crippen molar-refractivity contribution >= 4 is 28.1 Å². The highest BCUT2D eigenvalue weighted by Gasteiger charge is 2.11. The number of halogens is 1. The van der Waals surface area contributed by atoms with Crippen LogP contribution in [0.2, 0.25) is 0 Å². The lowest BCUT2D eigenvalue weighted by Crippen LogP contribution is -2.29. The molecule has 2 aromatic rings. The maximum absolute atomic E-state index is 11.9. The molecule has 0 aliphatic heterocycles. The molecule has 5 nitrogen and oxygen atoms in total. The normalized spacial score (nSPS) is 10.2. The van der Waals surface area contributed by atoms with Gasteiger partial charge in [-0.25, -0.2) is 0 Å². The van der Waals surface area contributed by atoms with Crippen molar-refractivity contribution < 1.29 is 14.3 Å². The first-order valence-electron chi connectivity index (χ1n) is 6.33. The summed E-state index contributed by atoms with van der Waals surface area (Å²) in [5, 5.41) is 0.